The average molecular weight is 497 g/mol. The van der Waals surface area contributed by atoms with Crippen LogP contribution in [-0.2, 0) is 12.7 Å². The van der Waals surface area contributed by atoms with Crippen LogP contribution in [-0.4, -0.2) is 36.8 Å². The number of rotatable bonds is 6. The van der Waals surface area contributed by atoms with Gasteiger partial charge in [-0.1, -0.05) is 35.3 Å². The Balaban J connectivity index is 1.54. The van der Waals surface area contributed by atoms with E-state index in [-0.39, 0.29) is 23.6 Å². The van der Waals surface area contributed by atoms with Crippen LogP contribution in [0.1, 0.15) is 28.3 Å². The Morgan fingerprint density at radius 3 is 2.48 bits per heavy atom. The van der Waals surface area contributed by atoms with Crippen molar-refractivity contribution < 1.29 is 18.0 Å². The lowest BCUT2D eigenvalue weighted by atomic mass is 10.1. The van der Waals surface area contributed by atoms with Crippen LogP contribution in [0.15, 0.2) is 42.6 Å². The first-order chi connectivity index (χ1) is 15.6. The molecular weight excluding hydrogens is 480 g/mol. The van der Waals surface area contributed by atoms with Crippen LogP contribution < -0.4 is 5.32 Å². The van der Waals surface area contributed by atoms with Gasteiger partial charge in [0.05, 0.1) is 16.4 Å². The Morgan fingerprint density at radius 1 is 1.12 bits per heavy atom. The maximum atomic E-state index is 13.7. The van der Waals surface area contributed by atoms with Gasteiger partial charge in [-0.25, -0.2) is 9.50 Å². The van der Waals surface area contributed by atoms with E-state index in [1.54, 1.807) is 42.1 Å². The first kappa shape index (κ1) is 23.1. The van der Waals surface area contributed by atoms with E-state index in [4.69, 9.17) is 23.2 Å². The van der Waals surface area contributed by atoms with Crippen molar-refractivity contribution in [2.45, 2.75) is 26.1 Å². The third-order valence-electron chi connectivity index (χ3n) is 4.83. The Labute approximate surface area is 196 Å². The van der Waals surface area contributed by atoms with Crippen molar-refractivity contribution >= 4 is 34.8 Å². The van der Waals surface area contributed by atoms with Crippen LogP contribution in [0.5, 0.6) is 0 Å². The normalized spacial score (nSPS) is 11.8. The first-order valence-corrected chi connectivity index (χ1v) is 10.6. The third-order valence-corrected chi connectivity index (χ3v) is 5.45. The lowest BCUT2D eigenvalue weighted by Crippen LogP contribution is -2.26. The highest BCUT2D eigenvalue weighted by Gasteiger charge is 2.35. The minimum atomic E-state index is -4.70. The summed E-state index contributed by atoms with van der Waals surface area (Å²) in [6.07, 6.45) is -2.47. The molecule has 0 spiro atoms. The predicted molar refractivity (Wildman–Crippen MR) is 117 cm³/mol. The molecule has 0 radical (unpaired) electrons. The number of carbonyl (C=O) groups is 1. The maximum Gasteiger partial charge on any atom is 0.433 e. The van der Waals surface area contributed by atoms with Crippen LogP contribution in [0.3, 0.4) is 0 Å². The van der Waals surface area contributed by atoms with Crippen molar-refractivity contribution in [1.29, 1.82) is 0 Å². The molecule has 12 heteroatoms. The number of alkyl halides is 3. The molecule has 3 heterocycles. The summed E-state index contributed by atoms with van der Waals surface area (Å²) < 4.78 is 43.4. The maximum absolute atomic E-state index is 13.7. The molecule has 4 rings (SSSR count). The molecule has 1 amide bonds. The van der Waals surface area contributed by atoms with E-state index < -0.39 is 17.8 Å². The van der Waals surface area contributed by atoms with Gasteiger partial charge in [0.2, 0.25) is 0 Å². The van der Waals surface area contributed by atoms with Gasteiger partial charge in [-0.2, -0.15) is 23.4 Å². The molecule has 4 aromatic rings. The number of halogens is 5. The molecule has 0 saturated carbocycles. The summed E-state index contributed by atoms with van der Waals surface area (Å²) in [5, 5.41) is 11.7. The molecule has 0 saturated heterocycles. The lowest BCUT2D eigenvalue weighted by Gasteiger charge is -2.11. The molecule has 0 aliphatic heterocycles. The molecular formula is C21H17Cl2F3N6O. The van der Waals surface area contributed by atoms with Crippen molar-refractivity contribution in [3.8, 4) is 11.3 Å². The quantitative estimate of drug-likeness (QED) is 0.379. The molecule has 172 valence electrons. The highest BCUT2D eigenvalue weighted by atomic mass is 35.5. The van der Waals surface area contributed by atoms with Gasteiger partial charge in [-0.15, -0.1) is 0 Å². The van der Waals surface area contributed by atoms with Crippen molar-refractivity contribution in [3.05, 3.63) is 69.7 Å². The standard InChI is InChI=1S/C21H17Cl2F3N6O/c1-12-15(23)11-31(29-12)8-2-7-27-20(33)17-10-19-28-16(13-3-5-14(22)6-4-13)9-18(21(24,25)26)32(19)30-17/h3-6,9-11H,2,7-8H2,1H3,(H,27,33). The van der Waals surface area contributed by atoms with Crippen molar-refractivity contribution in [2.24, 2.45) is 0 Å². The summed E-state index contributed by atoms with van der Waals surface area (Å²) in [6.45, 7) is 2.58. The lowest BCUT2D eigenvalue weighted by molar-refractivity contribution is -0.142. The smallest absolute Gasteiger partial charge is 0.351 e. The minimum Gasteiger partial charge on any atom is -0.351 e. The number of hydrogen-bond acceptors (Lipinski definition) is 4. The number of aromatic nitrogens is 5. The van der Waals surface area contributed by atoms with Gasteiger partial charge in [-0.3, -0.25) is 9.48 Å². The Hall–Kier alpha value is -3.11. The van der Waals surface area contributed by atoms with Crippen LogP contribution in [0.25, 0.3) is 16.9 Å². The fraction of sp³-hybridized carbons (Fsp3) is 0.238. The molecule has 0 bridgehead atoms. The average Bonchev–Trinajstić information content (AvgIpc) is 3.33. The van der Waals surface area contributed by atoms with Crippen molar-refractivity contribution in [3.63, 3.8) is 0 Å². The van der Waals surface area contributed by atoms with Gasteiger partial charge >= 0.3 is 6.18 Å². The number of amides is 1. The van der Waals surface area contributed by atoms with Gasteiger partial charge in [0.25, 0.3) is 5.91 Å². The van der Waals surface area contributed by atoms with E-state index in [2.05, 4.69) is 20.5 Å². The second-order valence-electron chi connectivity index (χ2n) is 7.27. The molecule has 7 nitrogen and oxygen atoms in total. The van der Waals surface area contributed by atoms with Gasteiger partial charge in [-0.05, 0) is 31.5 Å². The zero-order chi connectivity index (χ0) is 23.8. The molecule has 0 unspecified atom stereocenters. The summed E-state index contributed by atoms with van der Waals surface area (Å²) >= 11 is 11.8. The number of aryl methyl sites for hydroxylation is 2. The van der Waals surface area contributed by atoms with Crippen LogP contribution in [0.2, 0.25) is 10.0 Å². The topological polar surface area (TPSA) is 77.1 Å². The van der Waals surface area contributed by atoms with Crippen molar-refractivity contribution in [2.75, 3.05) is 6.54 Å². The van der Waals surface area contributed by atoms with Gasteiger partial charge in [0.15, 0.2) is 17.0 Å². The fourth-order valence-corrected chi connectivity index (χ4v) is 3.47. The van der Waals surface area contributed by atoms with Gasteiger partial charge in [0.1, 0.15) is 0 Å². The number of carbonyl (C=O) groups excluding carboxylic acids is 1. The molecule has 33 heavy (non-hydrogen) atoms. The molecule has 3 aromatic heterocycles. The monoisotopic (exact) mass is 496 g/mol. The summed E-state index contributed by atoms with van der Waals surface area (Å²) in [6, 6.07) is 8.37. The van der Waals surface area contributed by atoms with E-state index >= 15 is 0 Å². The van der Waals surface area contributed by atoms with E-state index in [9.17, 15) is 18.0 Å². The minimum absolute atomic E-state index is 0.0894. The molecule has 1 aromatic carbocycles. The fourth-order valence-electron chi connectivity index (χ4n) is 3.20. The van der Waals surface area contributed by atoms with Crippen LogP contribution in [0, 0.1) is 6.92 Å². The summed E-state index contributed by atoms with van der Waals surface area (Å²) in [7, 11) is 0. The third kappa shape index (κ3) is 5.12. The van der Waals surface area contributed by atoms with E-state index in [0.717, 1.165) is 6.07 Å². The second-order valence-corrected chi connectivity index (χ2v) is 8.11. The van der Waals surface area contributed by atoms with E-state index in [1.165, 1.54) is 6.07 Å². The molecule has 0 aliphatic rings. The zero-order valence-electron chi connectivity index (χ0n) is 17.2. The van der Waals surface area contributed by atoms with E-state index in [1.807, 2.05) is 0 Å². The number of nitrogens with one attached hydrogen (secondary N) is 1. The summed E-state index contributed by atoms with van der Waals surface area (Å²) in [4.78, 5) is 16.7. The Bertz CT molecular complexity index is 1290. The predicted octanol–water partition coefficient (Wildman–Crippen LogP) is 5.05. The van der Waals surface area contributed by atoms with E-state index in [0.29, 0.717) is 38.8 Å². The van der Waals surface area contributed by atoms with Gasteiger partial charge in [0, 0.05) is 35.9 Å². The summed E-state index contributed by atoms with van der Waals surface area (Å²) in [5.74, 6) is -0.601. The van der Waals surface area contributed by atoms with Gasteiger partial charge < -0.3 is 5.32 Å². The number of hydrogen-bond donors (Lipinski definition) is 1. The Kier molecular flexibility index (Phi) is 6.31. The molecule has 1 N–H and O–H groups in total. The largest absolute Gasteiger partial charge is 0.433 e. The molecule has 0 atom stereocenters. The molecule has 0 fully saturated rings. The zero-order valence-corrected chi connectivity index (χ0v) is 18.7. The highest BCUT2D eigenvalue weighted by molar-refractivity contribution is 6.31. The van der Waals surface area contributed by atoms with Crippen molar-refractivity contribution in [1.82, 2.24) is 29.7 Å². The van der Waals surface area contributed by atoms with Crippen LogP contribution in [0.4, 0.5) is 13.2 Å². The number of benzene rings is 1. The van der Waals surface area contributed by atoms with Crippen LogP contribution >= 0.6 is 23.2 Å². The number of nitrogens with zero attached hydrogens (tertiary/aromatic N) is 5. The SMILES string of the molecule is Cc1nn(CCCNC(=O)c2cc3nc(-c4ccc(Cl)cc4)cc(C(F)(F)F)n3n2)cc1Cl. The number of fused-ring (bicyclic) bond motifs is 1. The Morgan fingerprint density at radius 2 is 1.85 bits per heavy atom. The second kappa shape index (κ2) is 9.03. The highest BCUT2D eigenvalue weighted by Crippen LogP contribution is 2.32. The molecule has 0 aliphatic carbocycles. The first-order valence-electron chi connectivity index (χ1n) is 9.83. The summed E-state index contributed by atoms with van der Waals surface area (Å²) in [5.41, 5.74) is -0.0559.